The Balaban J connectivity index is 3.08. The summed E-state index contributed by atoms with van der Waals surface area (Å²) in [6, 6.07) is 0. The van der Waals surface area contributed by atoms with Crippen molar-refractivity contribution in [3.8, 4) is 0 Å². The van der Waals surface area contributed by atoms with Crippen LogP contribution in [0.5, 0.6) is 0 Å². The van der Waals surface area contributed by atoms with E-state index in [0.717, 1.165) is 10.3 Å². The quantitative estimate of drug-likeness (QED) is 0.590. The number of nitrogens with zero attached hydrogens (tertiary/aromatic N) is 2. The highest BCUT2D eigenvalue weighted by Gasteiger charge is 1.86. The molecule has 1 aromatic rings. The Hall–Kier alpha value is -0.440. The molecule has 0 aromatic carbocycles. The first-order valence-corrected chi connectivity index (χ1v) is 2.95. The van der Waals surface area contributed by atoms with E-state index in [2.05, 4.69) is 32.1 Å². The summed E-state index contributed by atoms with van der Waals surface area (Å²) in [6.07, 6.45) is 4.29. The van der Waals surface area contributed by atoms with Crippen molar-refractivity contribution in [2.75, 3.05) is 0 Å². The van der Waals surface area contributed by atoms with Crippen molar-refractivity contribution >= 4 is 15.9 Å². The van der Waals surface area contributed by atoms with Gasteiger partial charge in [0, 0.05) is 0 Å². The van der Waals surface area contributed by atoms with Gasteiger partial charge in [0.2, 0.25) is 0 Å². The Bertz CT molecular complexity index is 170. The van der Waals surface area contributed by atoms with Crippen molar-refractivity contribution in [1.29, 1.82) is 0 Å². The van der Waals surface area contributed by atoms with Gasteiger partial charge in [0.15, 0.2) is 0 Å². The van der Waals surface area contributed by atoms with Crippen molar-refractivity contribution in [3.05, 3.63) is 22.7 Å². The highest BCUT2D eigenvalue weighted by atomic mass is 79.9. The molecule has 2 nitrogen and oxygen atoms in total. The molecule has 0 bridgehead atoms. The van der Waals surface area contributed by atoms with E-state index in [0.29, 0.717) is 0 Å². The van der Waals surface area contributed by atoms with Crippen LogP contribution in [-0.2, 0) is 0 Å². The van der Waals surface area contributed by atoms with Crippen LogP contribution in [0.15, 0.2) is 10.8 Å². The molecule has 3 heteroatoms. The van der Waals surface area contributed by atoms with E-state index in [1.807, 2.05) is 6.92 Å². The van der Waals surface area contributed by atoms with E-state index < -0.39 is 0 Å². The van der Waals surface area contributed by atoms with Gasteiger partial charge in [0.1, 0.15) is 10.8 Å². The number of halogens is 1. The fraction of sp³-hybridized carbons (Fsp3) is 0.200. The van der Waals surface area contributed by atoms with E-state index in [-0.39, 0.29) is 0 Å². The van der Waals surface area contributed by atoms with Crippen molar-refractivity contribution in [3.63, 3.8) is 0 Å². The molecule has 1 aromatic heterocycles. The fourth-order valence-electron chi connectivity index (χ4n) is 0.393. The van der Waals surface area contributed by atoms with Crippen LogP contribution >= 0.6 is 15.9 Å². The summed E-state index contributed by atoms with van der Waals surface area (Å²) in [5.74, 6) is 0. The number of aryl methyl sites for hydroxylation is 1. The molecule has 41 valence electrons. The molecule has 0 N–H and O–H groups in total. The van der Waals surface area contributed by atoms with Crippen LogP contribution in [0.25, 0.3) is 0 Å². The largest absolute Gasteiger partial charge is 0.250 e. The lowest BCUT2D eigenvalue weighted by molar-refractivity contribution is 1.08. The molecule has 0 amide bonds. The minimum absolute atomic E-state index is 0.758. The minimum atomic E-state index is 0.758. The summed E-state index contributed by atoms with van der Waals surface area (Å²) in [6.45, 7) is 1.84. The zero-order chi connectivity index (χ0) is 5.98. The number of rotatable bonds is 0. The summed E-state index contributed by atoms with van der Waals surface area (Å²) < 4.78 is 0.758. The van der Waals surface area contributed by atoms with Crippen molar-refractivity contribution < 1.29 is 0 Å². The van der Waals surface area contributed by atoms with Crippen LogP contribution in [-0.4, -0.2) is 9.97 Å². The molecule has 0 saturated heterocycles. The first-order chi connectivity index (χ1) is 3.79. The molecule has 0 fully saturated rings. The van der Waals surface area contributed by atoms with Gasteiger partial charge >= 0.3 is 0 Å². The van der Waals surface area contributed by atoms with Crippen LogP contribution in [0.4, 0.5) is 0 Å². The SMILES string of the molecule is Cc1[c]ncc(Br)n1. The van der Waals surface area contributed by atoms with Crippen molar-refractivity contribution in [1.82, 2.24) is 9.97 Å². The zero-order valence-corrected chi connectivity index (χ0v) is 5.94. The molecule has 0 aliphatic heterocycles. The highest BCUT2D eigenvalue weighted by molar-refractivity contribution is 9.10. The summed E-state index contributed by atoms with van der Waals surface area (Å²) in [7, 11) is 0. The van der Waals surface area contributed by atoms with Gasteiger partial charge in [0.25, 0.3) is 0 Å². The standard InChI is InChI=1S/C5H4BrN2/c1-4-2-7-3-5(6)8-4/h3H,1H3. The first-order valence-electron chi connectivity index (χ1n) is 2.16. The lowest BCUT2D eigenvalue weighted by Gasteiger charge is -1.86. The van der Waals surface area contributed by atoms with Crippen molar-refractivity contribution in [2.45, 2.75) is 6.92 Å². The van der Waals surface area contributed by atoms with Crippen LogP contribution in [0.1, 0.15) is 5.69 Å². The van der Waals surface area contributed by atoms with Gasteiger partial charge in [-0.1, -0.05) is 0 Å². The molecule has 1 heterocycles. The normalized spacial score (nSPS) is 9.25. The average molecular weight is 172 g/mol. The van der Waals surface area contributed by atoms with Gasteiger partial charge in [-0.15, -0.1) is 0 Å². The van der Waals surface area contributed by atoms with Crippen LogP contribution < -0.4 is 0 Å². The van der Waals surface area contributed by atoms with Crippen LogP contribution in [0, 0.1) is 13.1 Å². The molecular formula is C5H4BrN2. The molecule has 0 aliphatic carbocycles. The minimum Gasteiger partial charge on any atom is -0.250 e. The van der Waals surface area contributed by atoms with E-state index in [1.165, 1.54) is 0 Å². The van der Waals surface area contributed by atoms with Gasteiger partial charge in [-0.2, -0.15) is 0 Å². The Morgan fingerprint density at radius 3 is 2.88 bits per heavy atom. The van der Waals surface area contributed by atoms with Gasteiger partial charge in [-0.05, 0) is 22.9 Å². The third-order valence-electron chi connectivity index (χ3n) is 0.672. The topological polar surface area (TPSA) is 25.8 Å². The van der Waals surface area contributed by atoms with Crippen LogP contribution in [0.2, 0.25) is 0 Å². The number of hydrogen-bond donors (Lipinski definition) is 0. The van der Waals surface area contributed by atoms with Gasteiger partial charge < -0.3 is 0 Å². The van der Waals surface area contributed by atoms with E-state index in [4.69, 9.17) is 0 Å². The summed E-state index contributed by atoms with van der Waals surface area (Å²) in [5, 5.41) is 0. The lowest BCUT2D eigenvalue weighted by atomic mass is 10.5. The summed E-state index contributed by atoms with van der Waals surface area (Å²) in [4.78, 5) is 7.72. The molecule has 8 heavy (non-hydrogen) atoms. The smallest absolute Gasteiger partial charge is 0.124 e. The Labute approximate surface area is 56.1 Å². The predicted octanol–water partition coefficient (Wildman–Crippen LogP) is 1.35. The first kappa shape index (κ1) is 5.69. The van der Waals surface area contributed by atoms with Gasteiger partial charge in [-0.3, -0.25) is 0 Å². The molecule has 0 saturated carbocycles. The van der Waals surface area contributed by atoms with Crippen LogP contribution in [0.3, 0.4) is 0 Å². The molecule has 0 atom stereocenters. The molecule has 1 rings (SSSR count). The molecule has 0 spiro atoms. The third kappa shape index (κ3) is 1.26. The Morgan fingerprint density at radius 2 is 2.50 bits per heavy atom. The second-order valence-corrected chi connectivity index (χ2v) is 2.20. The molecular weight excluding hydrogens is 168 g/mol. The van der Waals surface area contributed by atoms with Gasteiger partial charge in [-0.25, -0.2) is 9.97 Å². The zero-order valence-electron chi connectivity index (χ0n) is 4.35. The second-order valence-electron chi connectivity index (χ2n) is 1.39. The predicted molar refractivity (Wildman–Crippen MR) is 33.3 cm³/mol. The van der Waals surface area contributed by atoms with Gasteiger partial charge in [0.05, 0.1) is 11.9 Å². The molecule has 0 unspecified atom stereocenters. The summed E-state index contributed by atoms with van der Waals surface area (Å²) >= 11 is 3.17. The lowest BCUT2D eigenvalue weighted by Crippen LogP contribution is -1.82. The second kappa shape index (κ2) is 2.22. The Morgan fingerprint density at radius 1 is 1.75 bits per heavy atom. The summed E-state index contributed by atoms with van der Waals surface area (Å²) in [5.41, 5.74) is 0.805. The molecule has 0 aliphatic rings. The monoisotopic (exact) mass is 171 g/mol. The average Bonchev–Trinajstić information content (AvgIpc) is 1.64. The maximum Gasteiger partial charge on any atom is 0.124 e. The highest BCUT2D eigenvalue weighted by Crippen LogP contribution is 2.01. The third-order valence-corrected chi connectivity index (χ3v) is 1.05. The fourth-order valence-corrected chi connectivity index (χ4v) is 0.761. The maximum atomic E-state index is 3.97. The number of hydrogen-bond acceptors (Lipinski definition) is 2. The Kier molecular flexibility index (Phi) is 1.58. The van der Waals surface area contributed by atoms with E-state index in [1.54, 1.807) is 6.20 Å². The van der Waals surface area contributed by atoms with Crippen molar-refractivity contribution in [2.24, 2.45) is 0 Å². The number of aromatic nitrogens is 2. The molecule has 1 radical (unpaired) electrons. The maximum absolute atomic E-state index is 3.97. The van der Waals surface area contributed by atoms with E-state index in [9.17, 15) is 0 Å². The van der Waals surface area contributed by atoms with E-state index >= 15 is 0 Å².